The van der Waals surface area contributed by atoms with Crippen LogP contribution in [-0.2, 0) is 0 Å². The van der Waals surface area contributed by atoms with Crippen molar-refractivity contribution in [3.63, 3.8) is 0 Å². The van der Waals surface area contributed by atoms with Gasteiger partial charge in [-0.15, -0.1) is 0 Å². The van der Waals surface area contributed by atoms with Gasteiger partial charge >= 0.3 is 0 Å². The monoisotopic (exact) mass is 263 g/mol. The zero-order valence-electron chi connectivity index (χ0n) is 12.5. The molecule has 1 unspecified atom stereocenters. The summed E-state index contributed by atoms with van der Waals surface area (Å²) in [4.78, 5) is 0. The van der Waals surface area contributed by atoms with Gasteiger partial charge < -0.3 is 14.8 Å². The Balaban J connectivity index is 2.27. The first kappa shape index (κ1) is 14.2. The van der Waals surface area contributed by atoms with E-state index in [1.54, 1.807) is 0 Å². The molecule has 0 saturated carbocycles. The molecule has 1 aromatic carbocycles. The van der Waals surface area contributed by atoms with Crippen LogP contribution in [0.1, 0.15) is 52.1 Å². The Hall–Kier alpha value is -1.22. The Morgan fingerprint density at radius 2 is 2.16 bits per heavy atom. The van der Waals surface area contributed by atoms with E-state index in [1.807, 2.05) is 12.1 Å². The quantitative estimate of drug-likeness (QED) is 0.879. The van der Waals surface area contributed by atoms with Crippen molar-refractivity contribution in [1.29, 1.82) is 0 Å². The normalized spacial score (nSPS) is 20.5. The van der Waals surface area contributed by atoms with Gasteiger partial charge in [-0.3, -0.25) is 0 Å². The Morgan fingerprint density at radius 3 is 2.84 bits per heavy atom. The van der Waals surface area contributed by atoms with Crippen LogP contribution >= 0.6 is 0 Å². The van der Waals surface area contributed by atoms with Crippen molar-refractivity contribution in [1.82, 2.24) is 5.32 Å². The zero-order valence-corrected chi connectivity index (χ0v) is 12.5. The van der Waals surface area contributed by atoms with Crippen LogP contribution in [0.3, 0.4) is 0 Å². The van der Waals surface area contributed by atoms with Gasteiger partial charge in [-0.1, -0.05) is 13.8 Å². The summed E-state index contributed by atoms with van der Waals surface area (Å²) in [6.07, 6.45) is 2.00. The van der Waals surface area contributed by atoms with E-state index in [9.17, 15) is 0 Å². The summed E-state index contributed by atoms with van der Waals surface area (Å²) in [6, 6.07) is 6.49. The van der Waals surface area contributed by atoms with Crippen LogP contribution in [0.25, 0.3) is 0 Å². The summed E-state index contributed by atoms with van der Waals surface area (Å²) in [7, 11) is 0. The molecule has 1 aromatic rings. The highest BCUT2D eigenvalue weighted by atomic mass is 16.5. The first-order chi connectivity index (χ1) is 9.05. The Kier molecular flexibility index (Phi) is 4.35. The first-order valence-electron chi connectivity index (χ1n) is 7.25. The third-order valence-electron chi connectivity index (χ3n) is 3.36. The van der Waals surface area contributed by atoms with E-state index >= 15 is 0 Å². The van der Waals surface area contributed by atoms with Crippen molar-refractivity contribution in [3.8, 4) is 11.5 Å². The first-order valence-corrected chi connectivity index (χ1v) is 7.25. The molecule has 106 valence electrons. The second-order valence-corrected chi connectivity index (χ2v) is 5.72. The average molecular weight is 263 g/mol. The molecule has 1 aliphatic rings. The van der Waals surface area contributed by atoms with Crippen molar-refractivity contribution in [2.24, 2.45) is 0 Å². The Morgan fingerprint density at radius 1 is 1.37 bits per heavy atom. The summed E-state index contributed by atoms with van der Waals surface area (Å²) >= 11 is 0. The molecule has 2 rings (SSSR count). The summed E-state index contributed by atoms with van der Waals surface area (Å²) in [6.45, 7) is 10.3. The lowest BCUT2D eigenvalue weighted by Crippen LogP contribution is -2.39. The molecule has 0 bridgehead atoms. The van der Waals surface area contributed by atoms with Crippen LogP contribution in [0.5, 0.6) is 11.5 Å². The molecule has 19 heavy (non-hydrogen) atoms. The largest absolute Gasteiger partial charge is 0.494 e. The highest BCUT2D eigenvalue weighted by Gasteiger charge is 2.33. The van der Waals surface area contributed by atoms with E-state index in [0.29, 0.717) is 6.04 Å². The fourth-order valence-corrected chi connectivity index (χ4v) is 2.57. The summed E-state index contributed by atoms with van der Waals surface area (Å²) in [5, 5.41) is 3.54. The molecule has 0 radical (unpaired) electrons. The van der Waals surface area contributed by atoms with Crippen LogP contribution < -0.4 is 14.8 Å². The minimum atomic E-state index is -0.119. The third kappa shape index (κ3) is 3.41. The van der Waals surface area contributed by atoms with Crippen LogP contribution in [-0.4, -0.2) is 18.8 Å². The molecule has 1 aliphatic heterocycles. The molecule has 0 spiro atoms. The maximum Gasteiger partial charge on any atom is 0.125 e. The Bertz CT molecular complexity index is 429. The van der Waals surface area contributed by atoms with Gasteiger partial charge in [0.05, 0.1) is 6.61 Å². The van der Waals surface area contributed by atoms with Crippen LogP contribution in [0.15, 0.2) is 18.2 Å². The fraction of sp³-hybridized carbons (Fsp3) is 0.625. The van der Waals surface area contributed by atoms with Crippen molar-refractivity contribution in [3.05, 3.63) is 23.8 Å². The molecule has 0 aromatic heterocycles. The highest BCUT2D eigenvalue weighted by molar-refractivity contribution is 5.44. The molecule has 0 amide bonds. The molecular formula is C16H25NO2. The molecule has 1 N–H and O–H groups in total. The van der Waals surface area contributed by atoms with Gasteiger partial charge in [0, 0.05) is 18.0 Å². The van der Waals surface area contributed by atoms with Gasteiger partial charge in [-0.25, -0.2) is 0 Å². The molecule has 1 heterocycles. The molecule has 0 saturated heterocycles. The second kappa shape index (κ2) is 5.83. The SMILES string of the molecule is CCCOc1ccc2c(c1)C(NCC)CC(C)(C)O2. The summed E-state index contributed by atoms with van der Waals surface area (Å²) < 4.78 is 11.8. The van der Waals surface area contributed by atoms with Crippen LogP contribution in [0, 0.1) is 0 Å². The summed E-state index contributed by atoms with van der Waals surface area (Å²) in [5.41, 5.74) is 1.10. The molecule has 3 nitrogen and oxygen atoms in total. The van der Waals surface area contributed by atoms with Crippen molar-refractivity contribution in [2.75, 3.05) is 13.2 Å². The molecule has 1 atom stereocenters. The number of nitrogens with one attached hydrogen (secondary N) is 1. The molecule has 3 heteroatoms. The van der Waals surface area contributed by atoms with Gasteiger partial charge in [0.1, 0.15) is 17.1 Å². The maximum atomic E-state index is 6.06. The van der Waals surface area contributed by atoms with E-state index in [-0.39, 0.29) is 5.60 Å². The average Bonchev–Trinajstić information content (AvgIpc) is 2.36. The smallest absolute Gasteiger partial charge is 0.125 e. The van der Waals surface area contributed by atoms with Crippen molar-refractivity contribution in [2.45, 2.75) is 52.2 Å². The van der Waals surface area contributed by atoms with Crippen molar-refractivity contribution < 1.29 is 9.47 Å². The van der Waals surface area contributed by atoms with E-state index in [1.165, 1.54) is 5.56 Å². The fourth-order valence-electron chi connectivity index (χ4n) is 2.57. The van der Waals surface area contributed by atoms with Gasteiger partial charge in [-0.2, -0.15) is 0 Å². The van der Waals surface area contributed by atoms with Gasteiger partial charge in [0.2, 0.25) is 0 Å². The van der Waals surface area contributed by atoms with Crippen LogP contribution in [0.4, 0.5) is 0 Å². The number of rotatable bonds is 5. The van der Waals surface area contributed by atoms with E-state index in [0.717, 1.165) is 37.5 Å². The Labute approximate surface area is 116 Å². The van der Waals surface area contributed by atoms with Gasteiger partial charge in [-0.05, 0) is 45.0 Å². The topological polar surface area (TPSA) is 30.5 Å². The van der Waals surface area contributed by atoms with E-state index < -0.39 is 0 Å². The lowest BCUT2D eigenvalue weighted by molar-refractivity contribution is 0.0662. The maximum absolute atomic E-state index is 6.06. The minimum Gasteiger partial charge on any atom is -0.494 e. The zero-order chi connectivity index (χ0) is 13.9. The third-order valence-corrected chi connectivity index (χ3v) is 3.36. The number of benzene rings is 1. The predicted octanol–water partition coefficient (Wildman–Crippen LogP) is 3.69. The van der Waals surface area contributed by atoms with Crippen LogP contribution in [0.2, 0.25) is 0 Å². The van der Waals surface area contributed by atoms with Gasteiger partial charge in [0.25, 0.3) is 0 Å². The van der Waals surface area contributed by atoms with Gasteiger partial charge in [0.15, 0.2) is 0 Å². The predicted molar refractivity (Wildman–Crippen MR) is 78.0 cm³/mol. The van der Waals surface area contributed by atoms with E-state index in [2.05, 4.69) is 39.1 Å². The second-order valence-electron chi connectivity index (χ2n) is 5.72. The lowest BCUT2D eigenvalue weighted by Gasteiger charge is -2.38. The number of ether oxygens (including phenoxy) is 2. The lowest BCUT2D eigenvalue weighted by atomic mass is 9.89. The van der Waals surface area contributed by atoms with Crippen molar-refractivity contribution >= 4 is 0 Å². The molecule has 0 aliphatic carbocycles. The molecular weight excluding hydrogens is 238 g/mol. The highest BCUT2D eigenvalue weighted by Crippen LogP contribution is 2.41. The number of hydrogen-bond donors (Lipinski definition) is 1. The number of fused-ring (bicyclic) bond motifs is 1. The number of hydrogen-bond acceptors (Lipinski definition) is 3. The summed E-state index contributed by atoms with van der Waals surface area (Å²) in [5.74, 6) is 1.91. The molecule has 0 fully saturated rings. The standard InChI is InChI=1S/C16H25NO2/c1-5-9-18-12-7-8-15-13(10-12)14(17-6-2)11-16(3,4)19-15/h7-8,10,14,17H,5-6,9,11H2,1-4H3. The minimum absolute atomic E-state index is 0.119. The van der Waals surface area contributed by atoms with E-state index in [4.69, 9.17) is 9.47 Å².